The predicted octanol–water partition coefficient (Wildman–Crippen LogP) is 3.63. The summed E-state index contributed by atoms with van der Waals surface area (Å²) < 4.78 is 0. The summed E-state index contributed by atoms with van der Waals surface area (Å²) in [5.74, 6) is 2.37. The van der Waals surface area contributed by atoms with Gasteiger partial charge in [0.15, 0.2) is 0 Å². The fourth-order valence-corrected chi connectivity index (χ4v) is 2.29. The molecule has 0 amide bonds. The number of rotatable bonds is 11. The highest BCUT2D eigenvalue weighted by molar-refractivity contribution is 4.64. The van der Waals surface area contributed by atoms with Crippen LogP contribution in [-0.4, -0.2) is 37.6 Å². The third-order valence-electron chi connectivity index (χ3n) is 2.99. The zero-order valence-electron chi connectivity index (χ0n) is 13.6. The number of nitrogens with zero attached hydrogens (tertiary/aromatic N) is 1. The SMILES string of the molecule is CC(C)CCCNCCN(CC(C)C)CC(C)C. The Kier molecular flexibility index (Phi) is 10.8. The number of hydrogen-bond acceptors (Lipinski definition) is 2. The van der Waals surface area contributed by atoms with E-state index in [1.165, 1.54) is 39.0 Å². The van der Waals surface area contributed by atoms with Gasteiger partial charge >= 0.3 is 0 Å². The van der Waals surface area contributed by atoms with Crippen LogP contribution in [0.1, 0.15) is 54.4 Å². The molecule has 2 nitrogen and oxygen atoms in total. The van der Waals surface area contributed by atoms with Gasteiger partial charge in [0.2, 0.25) is 0 Å². The van der Waals surface area contributed by atoms with Gasteiger partial charge in [-0.15, -0.1) is 0 Å². The Morgan fingerprint density at radius 1 is 0.778 bits per heavy atom. The summed E-state index contributed by atoms with van der Waals surface area (Å²) in [5.41, 5.74) is 0. The third-order valence-corrected chi connectivity index (χ3v) is 2.99. The average molecular weight is 256 g/mol. The maximum atomic E-state index is 3.58. The minimum atomic E-state index is 0.768. The molecular weight excluding hydrogens is 220 g/mol. The van der Waals surface area contributed by atoms with E-state index >= 15 is 0 Å². The van der Waals surface area contributed by atoms with Crippen molar-refractivity contribution in [2.45, 2.75) is 54.4 Å². The smallest absolute Gasteiger partial charge is 0.0107 e. The molecule has 110 valence electrons. The van der Waals surface area contributed by atoms with Crippen molar-refractivity contribution in [1.82, 2.24) is 10.2 Å². The second-order valence-electron chi connectivity index (χ2n) is 6.83. The second kappa shape index (κ2) is 10.8. The van der Waals surface area contributed by atoms with E-state index in [2.05, 4.69) is 51.8 Å². The quantitative estimate of drug-likeness (QED) is 0.568. The van der Waals surface area contributed by atoms with Gasteiger partial charge in [0, 0.05) is 26.2 Å². The van der Waals surface area contributed by atoms with Crippen molar-refractivity contribution in [3.63, 3.8) is 0 Å². The Labute approximate surface area is 116 Å². The zero-order chi connectivity index (χ0) is 14.0. The summed E-state index contributed by atoms with van der Waals surface area (Å²) in [7, 11) is 0. The van der Waals surface area contributed by atoms with Gasteiger partial charge in [0.1, 0.15) is 0 Å². The maximum Gasteiger partial charge on any atom is 0.0107 e. The van der Waals surface area contributed by atoms with Crippen molar-refractivity contribution in [1.29, 1.82) is 0 Å². The molecule has 0 aliphatic rings. The number of nitrogens with one attached hydrogen (secondary N) is 1. The van der Waals surface area contributed by atoms with Crippen LogP contribution in [0.2, 0.25) is 0 Å². The predicted molar refractivity (Wildman–Crippen MR) is 83.1 cm³/mol. The van der Waals surface area contributed by atoms with Gasteiger partial charge in [-0.05, 0) is 37.1 Å². The molecular formula is C16H36N2. The van der Waals surface area contributed by atoms with Crippen LogP contribution in [0, 0.1) is 17.8 Å². The first-order valence-electron chi connectivity index (χ1n) is 7.84. The van der Waals surface area contributed by atoms with E-state index in [0.717, 1.165) is 24.3 Å². The molecule has 0 radical (unpaired) electrons. The molecule has 0 aromatic rings. The van der Waals surface area contributed by atoms with Crippen LogP contribution in [0.5, 0.6) is 0 Å². The van der Waals surface area contributed by atoms with E-state index < -0.39 is 0 Å². The Morgan fingerprint density at radius 2 is 1.33 bits per heavy atom. The van der Waals surface area contributed by atoms with E-state index in [4.69, 9.17) is 0 Å². The first-order valence-corrected chi connectivity index (χ1v) is 7.84. The summed E-state index contributed by atoms with van der Waals surface area (Å²) in [6.45, 7) is 19.8. The molecule has 0 aromatic heterocycles. The Hall–Kier alpha value is -0.0800. The maximum absolute atomic E-state index is 3.58. The van der Waals surface area contributed by atoms with Crippen LogP contribution in [0.25, 0.3) is 0 Å². The molecule has 0 unspecified atom stereocenters. The normalized spacial score (nSPS) is 12.3. The van der Waals surface area contributed by atoms with Crippen LogP contribution >= 0.6 is 0 Å². The van der Waals surface area contributed by atoms with E-state index in [1.807, 2.05) is 0 Å². The molecule has 0 spiro atoms. The van der Waals surface area contributed by atoms with Gasteiger partial charge in [-0.25, -0.2) is 0 Å². The first-order chi connectivity index (χ1) is 8.41. The Morgan fingerprint density at radius 3 is 1.78 bits per heavy atom. The van der Waals surface area contributed by atoms with Crippen molar-refractivity contribution in [3.8, 4) is 0 Å². The first kappa shape index (κ1) is 17.9. The minimum Gasteiger partial charge on any atom is -0.315 e. The lowest BCUT2D eigenvalue weighted by molar-refractivity contribution is 0.219. The zero-order valence-corrected chi connectivity index (χ0v) is 13.6. The van der Waals surface area contributed by atoms with Crippen molar-refractivity contribution in [2.24, 2.45) is 17.8 Å². The van der Waals surface area contributed by atoms with Crippen molar-refractivity contribution >= 4 is 0 Å². The van der Waals surface area contributed by atoms with E-state index in [1.54, 1.807) is 0 Å². The molecule has 0 heterocycles. The molecule has 0 aromatic carbocycles. The third kappa shape index (κ3) is 12.4. The summed E-state index contributed by atoms with van der Waals surface area (Å²) in [4.78, 5) is 2.60. The lowest BCUT2D eigenvalue weighted by Crippen LogP contribution is -2.37. The fourth-order valence-electron chi connectivity index (χ4n) is 2.29. The standard InChI is InChI=1S/C16H36N2/c1-14(2)8-7-9-17-10-11-18(12-15(3)4)13-16(5)6/h14-17H,7-13H2,1-6H3. The molecule has 0 fully saturated rings. The van der Waals surface area contributed by atoms with Gasteiger partial charge in [0.05, 0.1) is 0 Å². The molecule has 18 heavy (non-hydrogen) atoms. The Bertz CT molecular complexity index is 166. The average Bonchev–Trinajstić information content (AvgIpc) is 2.20. The van der Waals surface area contributed by atoms with Crippen LogP contribution in [-0.2, 0) is 0 Å². The van der Waals surface area contributed by atoms with Crippen LogP contribution in [0.15, 0.2) is 0 Å². The molecule has 0 saturated carbocycles. The van der Waals surface area contributed by atoms with Gasteiger partial charge in [0.25, 0.3) is 0 Å². The molecule has 1 N–H and O–H groups in total. The van der Waals surface area contributed by atoms with E-state index in [0.29, 0.717) is 0 Å². The molecule has 0 rings (SSSR count). The van der Waals surface area contributed by atoms with Gasteiger partial charge < -0.3 is 10.2 Å². The monoisotopic (exact) mass is 256 g/mol. The molecule has 0 atom stereocenters. The van der Waals surface area contributed by atoms with Crippen LogP contribution in [0.3, 0.4) is 0 Å². The molecule has 0 saturated heterocycles. The van der Waals surface area contributed by atoms with Crippen molar-refractivity contribution in [2.75, 3.05) is 32.7 Å². The molecule has 0 aliphatic heterocycles. The van der Waals surface area contributed by atoms with E-state index in [9.17, 15) is 0 Å². The van der Waals surface area contributed by atoms with E-state index in [-0.39, 0.29) is 0 Å². The highest BCUT2D eigenvalue weighted by Crippen LogP contribution is 2.03. The molecule has 0 bridgehead atoms. The second-order valence-corrected chi connectivity index (χ2v) is 6.83. The van der Waals surface area contributed by atoms with Crippen LogP contribution in [0.4, 0.5) is 0 Å². The summed E-state index contributed by atoms with van der Waals surface area (Å²) in [6.07, 6.45) is 2.65. The van der Waals surface area contributed by atoms with Crippen molar-refractivity contribution < 1.29 is 0 Å². The topological polar surface area (TPSA) is 15.3 Å². The van der Waals surface area contributed by atoms with Gasteiger partial charge in [-0.3, -0.25) is 0 Å². The fraction of sp³-hybridized carbons (Fsp3) is 1.00. The largest absolute Gasteiger partial charge is 0.315 e. The molecule has 2 heteroatoms. The minimum absolute atomic E-state index is 0.768. The van der Waals surface area contributed by atoms with Gasteiger partial charge in [-0.2, -0.15) is 0 Å². The lowest BCUT2D eigenvalue weighted by Gasteiger charge is -2.26. The Balaban J connectivity index is 3.62. The highest BCUT2D eigenvalue weighted by Gasteiger charge is 2.08. The summed E-state index contributed by atoms with van der Waals surface area (Å²) in [6, 6.07) is 0. The lowest BCUT2D eigenvalue weighted by atomic mass is 10.1. The highest BCUT2D eigenvalue weighted by atomic mass is 15.1. The van der Waals surface area contributed by atoms with Crippen molar-refractivity contribution in [3.05, 3.63) is 0 Å². The summed E-state index contributed by atoms with van der Waals surface area (Å²) >= 11 is 0. The van der Waals surface area contributed by atoms with Gasteiger partial charge in [-0.1, -0.05) is 41.5 Å². The number of hydrogen-bond donors (Lipinski definition) is 1. The molecule has 0 aliphatic carbocycles. The summed E-state index contributed by atoms with van der Waals surface area (Å²) in [5, 5.41) is 3.58. The van der Waals surface area contributed by atoms with Crippen LogP contribution < -0.4 is 5.32 Å².